The number of rotatable bonds is 5. The van der Waals surface area contributed by atoms with Crippen molar-refractivity contribution in [1.82, 2.24) is 9.97 Å². The number of benzene rings is 2. The molecular weight excluding hydrogens is 288 g/mol. The van der Waals surface area contributed by atoms with E-state index in [4.69, 9.17) is 4.74 Å². The molecule has 23 heavy (non-hydrogen) atoms. The average Bonchev–Trinajstić information content (AvgIpc) is 2.61. The van der Waals surface area contributed by atoms with Crippen LogP contribution in [-0.2, 0) is 6.61 Å². The van der Waals surface area contributed by atoms with Gasteiger partial charge in [0.15, 0.2) is 0 Å². The quantitative estimate of drug-likeness (QED) is 0.672. The fourth-order valence-electron chi connectivity index (χ4n) is 2.22. The number of aldehydes is 1. The number of hydrogen-bond donors (Lipinski definition) is 0. The molecule has 1 heterocycles. The van der Waals surface area contributed by atoms with Gasteiger partial charge in [-0.05, 0) is 36.2 Å². The van der Waals surface area contributed by atoms with Crippen molar-refractivity contribution in [1.29, 1.82) is 0 Å². The molecule has 0 amide bonds. The van der Waals surface area contributed by atoms with Crippen LogP contribution in [0.5, 0.6) is 5.75 Å². The first-order chi connectivity index (χ1) is 11.2. The highest BCUT2D eigenvalue weighted by atomic mass is 16.5. The molecule has 0 radical (unpaired) electrons. The Bertz CT molecular complexity index is 799. The Balaban J connectivity index is 1.87. The Morgan fingerprint density at radius 1 is 1.00 bits per heavy atom. The number of aromatic nitrogens is 2. The van der Waals surface area contributed by atoms with Gasteiger partial charge in [0.05, 0.1) is 0 Å². The lowest BCUT2D eigenvalue weighted by Crippen LogP contribution is -1.97. The molecule has 0 aliphatic carbocycles. The Morgan fingerprint density at radius 3 is 2.43 bits per heavy atom. The molecular formula is C19H16N2O2. The minimum Gasteiger partial charge on any atom is -0.489 e. The molecule has 0 atom stereocenters. The number of hydrogen-bond acceptors (Lipinski definition) is 4. The van der Waals surface area contributed by atoms with Gasteiger partial charge in [0.25, 0.3) is 0 Å². The molecule has 0 aliphatic rings. The topological polar surface area (TPSA) is 52.1 Å². The van der Waals surface area contributed by atoms with E-state index in [2.05, 4.69) is 9.97 Å². The van der Waals surface area contributed by atoms with Gasteiger partial charge in [0.1, 0.15) is 24.5 Å². The number of aryl methyl sites for hydroxylation is 1. The van der Waals surface area contributed by atoms with Gasteiger partial charge in [-0.25, -0.2) is 9.97 Å². The summed E-state index contributed by atoms with van der Waals surface area (Å²) in [6.07, 6.45) is 4.30. The van der Waals surface area contributed by atoms with Gasteiger partial charge in [0.2, 0.25) is 0 Å². The average molecular weight is 304 g/mol. The summed E-state index contributed by atoms with van der Waals surface area (Å²) in [4.78, 5) is 19.6. The smallest absolute Gasteiger partial charge is 0.150 e. The van der Waals surface area contributed by atoms with Gasteiger partial charge in [-0.15, -0.1) is 0 Å². The maximum atomic E-state index is 11.2. The Labute approximate surface area is 134 Å². The zero-order valence-electron chi connectivity index (χ0n) is 12.8. The van der Waals surface area contributed by atoms with E-state index in [0.717, 1.165) is 23.0 Å². The summed E-state index contributed by atoms with van der Waals surface area (Å²) < 4.78 is 5.82. The summed E-state index contributed by atoms with van der Waals surface area (Å²) in [7, 11) is 0. The second-order valence-electron chi connectivity index (χ2n) is 5.20. The molecule has 0 saturated heterocycles. The van der Waals surface area contributed by atoms with Crippen molar-refractivity contribution in [3.8, 4) is 16.9 Å². The van der Waals surface area contributed by atoms with Crippen molar-refractivity contribution in [3.63, 3.8) is 0 Å². The van der Waals surface area contributed by atoms with Crippen LogP contribution in [0, 0.1) is 6.92 Å². The van der Waals surface area contributed by atoms with Crippen LogP contribution in [0.15, 0.2) is 60.9 Å². The van der Waals surface area contributed by atoms with E-state index in [0.29, 0.717) is 23.7 Å². The van der Waals surface area contributed by atoms with E-state index in [1.54, 1.807) is 24.5 Å². The number of ether oxygens (including phenoxy) is 1. The van der Waals surface area contributed by atoms with Crippen molar-refractivity contribution in [3.05, 3.63) is 77.9 Å². The van der Waals surface area contributed by atoms with Crippen LogP contribution >= 0.6 is 0 Å². The first-order valence-corrected chi connectivity index (χ1v) is 7.30. The van der Waals surface area contributed by atoms with Crippen LogP contribution in [-0.4, -0.2) is 16.3 Å². The minimum atomic E-state index is 0.451. The van der Waals surface area contributed by atoms with E-state index in [9.17, 15) is 4.79 Å². The summed E-state index contributed by atoms with van der Waals surface area (Å²) in [5.74, 6) is 1.36. The van der Waals surface area contributed by atoms with E-state index in [-0.39, 0.29) is 0 Å². The van der Waals surface area contributed by atoms with Gasteiger partial charge in [-0.1, -0.05) is 30.3 Å². The summed E-state index contributed by atoms with van der Waals surface area (Å²) in [5.41, 5.74) is 3.34. The van der Waals surface area contributed by atoms with Crippen molar-refractivity contribution in [2.45, 2.75) is 13.5 Å². The summed E-state index contributed by atoms with van der Waals surface area (Å²) in [5, 5.41) is 0. The second-order valence-corrected chi connectivity index (χ2v) is 5.20. The zero-order chi connectivity index (χ0) is 16.1. The molecule has 3 aromatic rings. The molecule has 2 aromatic carbocycles. The lowest BCUT2D eigenvalue weighted by Gasteiger charge is -2.09. The van der Waals surface area contributed by atoms with Crippen molar-refractivity contribution >= 4 is 6.29 Å². The molecule has 0 fully saturated rings. The Kier molecular flexibility index (Phi) is 4.43. The SMILES string of the molecule is Cc1ncc(-c2cc(C=O)cc(OCc3ccccc3)c2)cn1. The number of carbonyl (C=O) groups is 1. The third-order valence-electron chi connectivity index (χ3n) is 3.43. The highest BCUT2D eigenvalue weighted by molar-refractivity contribution is 5.80. The first kappa shape index (κ1) is 14.9. The van der Waals surface area contributed by atoms with Crippen LogP contribution in [0.1, 0.15) is 21.7 Å². The Hall–Kier alpha value is -3.01. The normalized spacial score (nSPS) is 10.3. The maximum absolute atomic E-state index is 11.2. The molecule has 0 saturated carbocycles. The molecule has 1 aromatic heterocycles. The van der Waals surface area contributed by atoms with Gasteiger partial charge in [0, 0.05) is 23.5 Å². The molecule has 0 N–H and O–H groups in total. The highest BCUT2D eigenvalue weighted by Gasteiger charge is 2.05. The fraction of sp³-hybridized carbons (Fsp3) is 0.105. The minimum absolute atomic E-state index is 0.451. The van der Waals surface area contributed by atoms with Crippen LogP contribution in [0.4, 0.5) is 0 Å². The Morgan fingerprint density at radius 2 is 1.74 bits per heavy atom. The van der Waals surface area contributed by atoms with Crippen molar-refractivity contribution in [2.24, 2.45) is 0 Å². The van der Waals surface area contributed by atoms with Gasteiger partial charge < -0.3 is 4.74 Å². The summed E-state index contributed by atoms with van der Waals surface area (Å²) in [6, 6.07) is 15.3. The van der Waals surface area contributed by atoms with Gasteiger partial charge >= 0.3 is 0 Å². The predicted molar refractivity (Wildman–Crippen MR) is 88.4 cm³/mol. The second kappa shape index (κ2) is 6.83. The molecule has 0 bridgehead atoms. The van der Waals surface area contributed by atoms with E-state index in [1.807, 2.05) is 43.3 Å². The maximum Gasteiger partial charge on any atom is 0.150 e. The number of nitrogens with zero attached hydrogens (tertiary/aromatic N) is 2. The third kappa shape index (κ3) is 3.80. The van der Waals surface area contributed by atoms with Crippen LogP contribution < -0.4 is 4.74 Å². The monoisotopic (exact) mass is 304 g/mol. The van der Waals surface area contributed by atoms with Gasteiger partial charge in [-0.3, -0.25) is 4.79 Å². The molecule has 0 aliphatic heterocycles. The summed E-state index contributed by atoms with van der Waals surface area (Å²) in [6.45, 7) is 2.28. The van der Waals surface area contributed by atoms with E-state index < -0.39 is 0 Å². The fourth-order valence-corrected chi connectivity index (χ4v) is 2.22. The summed E-state index contributed by atoms with van der Waals surface area (Å²) >= 11 is 0. The standard InChI is InChI=1S/C19H16N2O2/c1-14-20-10-18(11-21-14)17-7-16(12-22)8-19(9-17)23-13-15-5-3-2-4-6-15/h2-12H,13H2,1H3. The van der Waals surface area contributed by atoms with Gasteiger partial charge in [-0.2, -0.15) is 0 Å². The zero-order valence-corrected chi connectivity index (χ0v) is 12.8. The first-order valence-electron chi connectivity index (χ1n) is 7.30. The van der Waals surface area contributed by atoms with Crippen molar-refractivity contribution in [2.75, 3.05) is 0 Å². The molecule has 0 spiro atoms. The van der Waals surface area contributed by atoms with Crippen molar-refractivity contribution < 1.29 is 9.53 Å². The molecule has 114 valence electrons. The lowest BCUT2D eigenvalue weighted by molar-refractivity contribution is 0.112. The van der Waals surface area contributed by atoms with E-state index >= 15 is 0 Å². The molecule has 4 heteroatoms. The third-order valence-corrected chi connectivity index (χ3v) is 3.43. The molecule has 0 unspecified atom stereocenters. The molecule has 4 nitrogen and oxygen atoms in total. The molecule has 3 rings (SSSR count). The predicted octanol–water partition coefficient (Wildman–Crippen LogP) is 3.84. The van der Waals surface area contributed by atoms with Crippen LogP contribution in [0.25, 0.3) is 11.1 Å². The van der Waals surface area contributed by atoms with Crippen LogP contribution in [0.2, 0.25) is 0 Å². The lowest BCUT2D eigenvalue weighted by atomic mass is 10.1. The largest absolute Gasteiger partial charge is 0.489 e. The van der Waals surface area contributed by atoms with E-state index in [1.165, 1.54) is 0 Å². The number of carbonyl (C=O) groups excluding carboxylic acids is 1. The highest BCUT2D eigenvalue weighted by Crippen LogP contribution is 2.25. The van der Waals surface area contributed by atoms with Crippen LogP contribution in [0.3, 0.4) is 0 Å².